The average Bonchev–Trinajstić information content (AvgIpc) is 2.26. The Morgan fingerprint density at radius 2 is 1.41 bits per heavy atom. The van der Waals surface area contributed by atoms with Gasteiger partial charge >= 0.3 is 0 Å². The van der Waals surface area contributed by atoms with Gasteiger partial charge < -0.3 is 10.2 Å². The van der Waals surface area contributed by atoms with Crippen LogP contribution in [0.5, 0.6) is 0 Å². The topological polar surface area (TPSA) is 15.3 Å². The third-order valence-corrected chi connectivity index (χ3v) is 3.73. The lowest BCUT2D eigenvalue weighted by molar-refractivity contribution is 0.190. The van der Waals surface area contributed by atoms with Gasteiger partial charge in [0.2, 0.25) is 0 Å². The highest BCUT2D eigenvalue weighted by molar-refractivity contribution is 4.79. The standard InChI is InChI=1S/C15H34N2/c1-6-7-8-9-10-11-12-13-16-14-15(2,3)17(4)5/h16H,6-14H2,1-5H3. The van der Waals surface area contributed by atoms with E-state index in [-0.39, 0.29) is 5.54 Å². The first-order valence-corrected chi connectivity index (χ1v) is 7.39. The quantitative estimate of drug-likeness (QED) is 0.556. The first-order chi connectivity index (χ1) is 8.00. The SMILES string of the molecule is CCCCCCCCCNCC(C)(C)N(C)C. The van der Waals surface area contributed by atoms with Gasteiger partial charge in [-0.3, -0.25) is 0 Å². The van der Waals surface area contributed by atoms with E-state index in [9.17, 15) is 0 Å². The number of likely N-dealkylation sites (N-methyl/N-ethyl adjacent to an activating group) is 1. The predicted octanol–water partition coefficient (Wildman–Crippen LogP) is 3.67. The van der Waals surface area contributed by atoms with Gasteiger partial charge in [0.25, 0.3) is 0 Å². The summed E-state index contributed by atoms with van der Waals surface area (Å²) >= 11 is 0. The maximum Gasteiger partial charge on any atom is 0.0271 e. The van der Waals surface area contributed by atoms with Crippen molar-refractivity contribution in [3.63, 3.8) is 0 Å². The Bertz CT molecular complexity index is 164. The minimum absolute atomic E-state index is 0.265. The molecule has 0 saturated carbocycles. The van der Waals surface area contributed by atoms with Gasteiger partial charge in [0.1, 0.15) is 0 Å². The van der Waals surface area contributed by atoms with Crippen molar-refractivity contribution in [1.29, 1.82) is 0 Å². The zero-order valence-corrected chi connectivity index (χ0v) is 12.8. The van der Waals surface area contributed by atoms with E-state index in [0.717, 1.165) is 6.54 Å². The number of hydrogen-bond donors (Lipinski definition) is 1. The molecule has 2 nitrogen and oxygen atoms in total. The highest BCUT2D eigenvalue weighted by Crippen LogP contribution is 2.08. The lowest BCUT2D eigenvalue weighted by atomic mass is 10.0. The highest BCUT2D eigenvalue weighted by atomic mass is 15.2. The molecule has 0 aliphatic heterocycles. The van der Waals surface area contributed by atoms with Crippen LogP contribution < -0.4 is 5.32 Å². The van der Waals surface area contributed by atoms with Crippen LogP contribution in [0, 0.1) is 0 Å². The summed E-state index contributed by atoms with van der Waals surface area (Å²) in [6.45, 7) is 9.09. The molecule has 0 heterocycles. The predicted molar refractivity (Wildman–Crippen MR) is 78.6 cm³/mol. The van der Waals surface area contributed by atoms with Crippen LogP contribution in [-0.2, 0) is 0 Å². The Labute approximate surface area is 109 Å². The Balaban J connectivity index is 3.24. The van der Waals surface area contributed by atoms with Crippen molar-refractivity contribution in [3.05, 3.63) is 0 Å². The van der Waals surface area contributed by atoms with Gasteiger partial charge in [0, 0.05) is 12.1 Å². The van der Waals surface area contributed by atoms with Crippen molar-refractivity contribution in [2.24, 2.45) is 0 Å². The minimum atomic E-state index is 0.265. The zero-order valence-electron chi connectivity index (χ0n) is 12.8. The van der Waals surface area contributed by atoms with Crippen LogP contribution in [0.1, 0.15) is 65.7 Å². The van der Waals surface area contributed by atoms with Crippen molar-refractivity contribution < 1.29 is 0 Å². The van der Waals surface area contributed by atoms with Crippen molar-refractivity contribution in [2.45, 2.75) is 71.3 Å². The molecule has 2 heteroatoms. The Kier molecular flexibility index (Phi) is 9.85. The molecule has 0 fully saturated rings. The van der Waals surface area contributed by atoms with Crippen LogP contribution in [0.25, 0.3) is 0 Å². The average molecular weight is 242 g/mol. The van der Waals surface area contributed by atoms with Crippen molar-refractivity contribution in [3.8, 4) is 0 Å². The molecule has 1 N–H and O–H groups in total. The Morgan fingerprint density at radius 1 is 0.882 bits per heavy atom. The van der Waals surface area contributed by atoms with Crippen LogP contribution in [0.4, 0.5) is 0 Å². The molecule has 0 aliphatic carbocycles. The van der Waals surface area contributed by atoms with Crippen LogP contribution in [0.15, 0.2) is 0 Å². The van der Waals surface area contributed by atoms with E-state index in [1.54, 1.807) is 0 Å². The number of hydrogen-bond acceptors (Lipinski definition) is 2. The molecule has 0 spiro atoms. The molecule has 0 saturated heterocycles. The van der Waals surface area contributed by atoms with Gasteiger partial charge in [-0.15, -0.1) is 0 Å². The molecule has 0 aromatic heterocycles. The van der Waals surface area contributed by atoms with E-state index >= 15 is 0 Å². The molecule has 0 atom stereocenters. The van der Waals surface area contributed by atoms with E-state index in [0.29, 0.717) is 0 Å². The molecular weight excluding hydrogens is 208 g/mol. The molecule has 0 unspecified atom stereocenters. The largest absolute Gasteiger partial charge is 0.315 e. The number of nitrogens with zero attached hydrogens (tertiary/aromatic N) is 1. The second-order valence-corrected chi connectivity index (χ2v) is 6.00. The summed E-state index contributed by atoms with van der Waals surface area (Å²) in [4.78, 5) is 2.28. The summed E-state index contributed by atoms with van der Waals surface area (Å²) in [5, 5.41) is 3.57. The zero-order chi connectivity index (χ0) is 13.1. The molecule has 17 heavy (non-hydrogen) atoms. The van der Waals surface area contributed by atoms with Gasteiger partial charge in [0.15, 0.2) is 0 Å². The highest BCUT2D eigenvalue weighted by Gasteiger charge is 2.18. The van der Waals surface area contributed by atoms with E-state index in [1.165, 1.54) is 51.5 Å². The summed E-state index contributed by atoms with van der Waals surface area (Å²) < 4.78 is 0. The summed E-state index contributed by atoms with van der Waals surface area (Å²) in [6, 6.07) is 0. The molecule has 0 rings (SSSR count). The van der Waals surface area contributed by atoms with E-state index in [2.05, 4.69) is 45.1 Å². The fourth-order valence-corrected chi connectivity index (χ4v) is 1.76. The Morgan fingerprint density at radius 3 is 1.94 bits per heavy atom. The normalized spacial score (nSPS) is 12.4. The van der Waals surface area contributed by atoms with Gasteiger partial charge in [-0.2, -0.15) is 0 Å². The third kappa shape index (κ3) is 9.61. The summed E-state index contributed by atoms with van der Waals surface area (Å²) in [7, 11) is 4.30. The second kappa shape index (κ2) is 9.90. The van der Waals surface area contributed by atoms with E-state index < -0.39 is 0 Å². The maximum absolute atomic E-state index is 3.57. The monoisotopic (exact) mass is 242 g/mol. The van der Waals surface area contributed by atoms with Gasteiger partial charge in [-0.1, -0.05) is 45.4 Å². The van der Waals surface area contributed by atoms with Crippen LogP contribution in [0.2, 0.25) is 0 Å². The number of rotatable bonds is 11. The van der Waals surface area contributed by atoms with Crippen molar-refractivity contribution in [2.75, 3.05) is 27.2 Å². The first-order valence-electron chi connectivity index (χ1n) is 7.39. The van der Waals surface area contributed by atoms with Crippen LogP contribution in [0.3, 0.4) is 0 Å². The van der Waals surface area contributed by atoms with E-state index in [4.69, 9.17) is 0 Å². The van der Waals surface area contributed by atoms with Crippen LogP contribution >= 0.6 is 0 Å². The van der Waals surface area contributed by atoms with Gasteiger partial charge in [-0.25, -0.2) is 0 Å². The third-order valence-electron chi connectivity index (χ3n) is 3.73. The molecule has 0 amide bonds. The van der Waals surface area contributed by atoms with Crippen LogP contribution in [-0.4, -0.2) is 37.6 Å². The van der Waals surface area contributed by atoms with Crippen molar-refractivity contribution >= 4 is 0 Å². The fraction of sp³-hybridized carbons (Fsp3) is 1.00. The minimum Gasteiger partial charge on any atom is -0.315 e. The lowest BCUT2D eigenvalue weighted by Gasteiger charge is -2.32. The number of nitrogens with one attached hydrogen (secondary N) is 1. The van der Waals surface area contributed by atoms with Gasteiger partial charge in [-0.05, 0) is 40.9 Å². The Hall–Kier alpha value is -0.0800. The number of unbranched alkanes of at least 4 members (excludes halogenated alkanes) is 6. The fourth-order valence-electron chi connectivity index (χ4n) is 1.76. The van der Waals surface area contributed by atoms with Crippen molar-refractivity contribution in [1.82, 2.24) is 10.2 Å². The molecule has 0 aliphatic rings. The summed E-state index contributed by atoms with van der Waals surface area (Å²) in [5.41, 5.74) is 0.265. The maximum atomic E-state index is 3.57. The second-order valence-electron chi connectivity index (χ2n) is 6.00. The summed E-state index contributed by atoms with van der Waals surface area (Å²) in [6.07, 6.45) is 9.75. The molecular formula is C15H34N2. The first kappa shape index (κ1) is 16.9. The summed E-state index contributed by atoms with van der Waals surface area (Å²) in [5.74, 6) is 0. The molecule has 104 valence electrons. The lowest BCUT2D eigenvalue weighted by Crippen LogP contribution is -2.46. The van der Waals surface area contributed by atoms with E-state index in [1.807, 2.05) is 0 Å². The molecule has 0 aromatic rings. The smallest absolute Gasteiger partial charge is 0.0271 e. The van der Waals surface area contributed by atoms with Gasteiger partial charge in [0.05, 0.1) is 0 Å². The molecule has 0 bridgehead atoms. The molecule has 0 radical (unpaired) electrons. The molecule has 0 aromatic carbocycles.